The van der Waals surface area contributed by atoms with Crippen LogP contribution in [0.15, 0.2) is 83.3 Å². The van der Waals surface area contributed by atoms with Crippen molar-refractivity contribution >= 4 is 34.7 Å². The summed E-state index contributed by atoms with van der Waals surface area (Å²) in [6, 6.07) is 24.6. The van der Waals surface area contributed by atoms with E-state index in [2.05, 4.69) is 10.1 Å². The number of methoxy groups -OCH3 is 1. The average Bonchev–Trinajstić information content (AvgIpc) is 3.03. The lowest BCUT2D eigenvalue weighted by Gasteiger charge is -2.19. The number of ether oxygens (including phenoxy) is 1. The third-order valence-corrected chi connectivity index (χ3v) is 7.56. The Labute approximate surface area is 255 Å². The summed E-state index contributed by atoms with van der Waals surface area (Å²) in [5.74, 6) is -0.170. The zero-order chi connectivity index (χ0) is 31.4. The summed E-state index contributed by atoms with van der Waals surface area (Å²) in [6.07, 6.45) is 1.96. The number of fused-ring (bicyclic) bond motifs is 2. The fourth-order valence-electron chi connectivity index (χ4n) is 5.16. The van der Waals surface area contributed by atoms with Crippen molar-refractivity contribution < 1.29 is 23.5 Å². The molecule has 3 aromatic rings. The normalized spacial score (nSPS) is 10.8. The Bertz CT molecular complexity index is 1960. The zero-order valence-corrected chi connectivity index (χ0v) is 25.4. The number of carbonyl (C=O) groups excluding carboxylic acids is 2. The number of nitrogens with zero attached hydrogens (tertiary/aromatic N) is 4. The molecular weight excluding hydrogens is 554 g/mol. The van der Waals surface area contributed by atoms with E-state index in [0.717, 1.165) is 38.7 Å². The van der Waals surface area contributed by atoms with Gasteiger partial charge in [0, 0.05) is 60.5 Å². The molecule has 1 aliphatic heterocycles. The van der Waals surface area contributed by atoms with E-state index in [0.29, 0.717) is 35.4 Å². The maximum atomic E-state index is 13.2. The molecule has 2 aliphatic rings. The van der Waals surface area contributed by atoms with E-state index < -0.39 is 5.97 Å². The first kappa shape index (κ1) is 29.9. The molecule has 0 fully saturated rings. The third kappa shape index (κ3) is 6.14. The molecule has 0 aromatic heterocycles. The van der Waals surface area contributed by atoms with Crippen LogP contribution >= 0.6 is 0 Å². The van der Waals surface area contributed by atoms with Gasteiger partial charge in [-0.25, -0.2) is 9.37 Å². The van der Waals surface area contributed by atoms with Crippen LogP contribution in [0.3, 0.4) is 0 Å². The monoisotopic (exact) mass is 588 g/mol. The highest BCUT2D eigenvalue weighted by molar-refractivity contribution is 6.09. The van der Waals surface area contributed by atoms with Crippen molar-refractivity contribution in [2.75, 3.05) is 46.7 Å². The van der Waals surface area contributed by atoms with Crippen molar-refractivity contribution in [3.8, 4) is 22.5 Å². The molecule has 0 spiro atoms. The van der Waals surface area contributed by atoms with Gasteiger partial charge in [0.05, 0.1) is 24.3 Å². The van der Waals surface area contributed by atoms with Crippen LogP contribution in [0, 0.1) is 0 Å². The number of amides is 1. The van der Waals surface area contributed by atoms with Crippen molar-refractivity contribution in [2.45, 2.75) is 6.42 Å². The van der Waals surface area contributed by atoms with Crippen molar-refractivity contribution in [1.82, 2.24) is 9.89 Å². The predicted molar refractivity (Wildman–Crippen MR) is 172 cm³/mol. The first-order valence-corrected chi connectivity index (χ1v) is 14.2. The maximum absolute atomic E-state index is 13.2. The Morgan fingerprint density at radius 2 is 1.73 bits per heavy atom. The molecule has 0 unspecified atom stereocenters. The van der Waals surface area contributed by atoms with Gasteiger partial charge in [0.2, 0.25) is 5.36 Å². The zero-order valence-electron chi connectivity index (χ0n) is 25.4. The topological polar surface area (TPSA) is 111 Å². The molecule has 9 heteroatoms. The van der Waals surface area contributed by atoms with Crippen molar-refractivity contribution in [3.63, 3.8) is 0 Å². The summed E-state index contributed by atoms with van der Waals surface area (Å²) in [4.78, 5) is 31.4. The Morgan fingerprint density at radius 3 is 2.41 bits per heavy atom. The third-order valence-electron chi connectivity index (χ3n) is 7.56. The number of anilines is 1. The van der Waals surface area contributed by atoms with Crippen LogP contribution in [0.1, 0.15) is 31.8 Å². The minimum absolute atomic E-state index is 0.281. The lowest BCUT2D eigenvalue weighted by Crippen LogP contribution is -2.26. The van der Waals surface area contributed by atoms with E-state index in [1.54, 1.807) is 18.2 Å². The number of carbonyl (C=O) groups is 2. The second-order valence-corrected chi connectivity index (χ2v) is 10.9. The van der Waals surface area contributed by atoms with Gasteiger partial charge >= 0.3 is 5.97 Å². The van der Waals surface area contributed by atoms with Gasteiger partial charge in [-0.05, 0) is 60.0 Å². The molecule has 1 N–H and O–H groups in total. The molecule has 9 nitrogen and oxygen atoms in total. The first-order valence-electron chi connectivity index (χ1n) is 14.2. The van der Waals surface area contributed by atoms with E-state index in [4.69, 9.17) is 14.7 Å². The lowest BCUT2D eigenvalue weighted by atomic mass is 9.89. The van der Waals surface area contributed by atoms with E-state index in [1.807, 2.05) is 98.3 Å². The van der Waals surface area contributed by atoms with Crippen LogP contribution < -0.4 is 20.1 Å². The van der Waals surface area contributed by atoms with Crippen LogP contribution in [0.5, 0.6) is 0 Å². The number of benzene rings is 4. The van der Waals surface area contributed by atoms with Gasteiger partial charge in [0.25, 0.3) is 12.1 Å². The summed E-state index contributed by atoms with van der Waals surface area (Å²) in [5, 5.41) is 4.75. The van der Waals surface area contributed by atoms with E-state index in [1.165, 1.54) is 13.3 Å². The smallest absolute Gasteiger partial charge is 0.338 e. The van der Waals surface area contributed by atoms with Gasteiger partial charge in [0.15, 0.2) is 0 Å². The Hall–Kier alpha value is -5.53. The van der Waals surface area contributed by atoms with Crippen molar-refractivity contribution in [3.05, 3.63) is 112 Å². The second kappa shape index (κ2) is 12.8. The summed E-state index contributed by atoms with van der Waals surface area (Å²) >= 11 is 0. The Morgan fingerprint density at radius 1 is 0.977 bits per heavy atom. The fourth-order valence-corrected chi connectivity index (χ4v) is 5.16. The quantitative estimate of drug-likeness (QED) is 0.0705. The highest BCUT2D eigenvalue weighted by Gasteiger charge is 2.24. The molecule has 5 rings (SSSR count). The van der Waals surface area contributed by atoms with E-state index in [9.17, 15) is 9.59 Å². The molecule has 44 heavy (non-hydrogen) atoms. The molecular formula is C35H34N5O4+. The first-order chi connectivity index (χ1) is 21.2. The highest BCUT2D eigenvalue weighted by atomic mass is 16.5. The van der Waals surface area contributed by atoms with E-state index >= 15 is 0 Å². The van der Waals surface area contributed by atoms with Crippen LogP contribution in [-0.2, 0) is 11.2 Å². The Balaban J connectivity index is 1.56. The number of rotatable bonds is 8. The van der Waals surface area contributed by atoms with Crippen LogP contribution in [0.25, 0.3) is 39.0 Å². The summed E-state index contributed by atoms with van der Waals surface area (Å²) in [7, 11) is 9.21. The van der Waals surface area contributed by atoms with Crippen molar-refractivity contribution in [2.24, 2.45) is 0 Å². The summed E-state index contributed by atoms with van der Waals surface area (Å²) < 4.78 is 13.6. The van der Waals surface area contributed by atoms with E-state index in [-0.39, 0.29) is 11.5 Å². The van der Waals surface area contributed by atoms with Gasteiger partial charge in [-0.3, -0.25) is 4.79 Å². The van der Waals surface area contributed by atoms with Gasteiger partial charge < -0.3 is 24.9 Å². The number of esters is 1. The van der Waals surface area contributed by atoms with Crippen LogP contribution in [0.2, 0.25) is 0 Å². The number of hydrogen-bond donors (Lipinski definition) is 1. The molecule has 3 aromatic carbocycles. The number of hydrogen-bond acceptors (Lipinski definition) is 5. The minimum atomic E-state index is -0.543. The van der Waals surface area contributed by atoms with Crippen LogP contribution in [-0.4, -0.2) is 64.7 Å². The molecule has 1 aliphatic carbocycles. The number of nitrogens with one attached hydrogen (secondary N) is 1. The lowest BCUT2D eigenvalue weighted by molar-refractivity contribution is 0.00455. The molecule has 1 heterocycles. The molecule has 0 saturated heterocycles. The molecule has 0 atom stereocenters. The molecule has 1 amide bonds. The summed E-state index contributed by atoms with van der Waals surface area (Å²) in [6.45, 7) is 0.402. The standard InChI is InChI=1S/C35H33N5O4/c1-39(2)25-11-14-28-31(19-25)44-32-20-26(40(3)4)12-15-29(32)33(28)27-13-10-24(18-30(27)35(42)43-5)34(41)37-17-16-22-6-8-23(9-7-22)21-38-36/h6-15,18-21H,16-17H2,1-5H3/p+1. The minimum Gasteiger partial charge on any atom is -0.465 e. The molecule has 0 bridgehead atoms. The highest BCUT2D eigenvalue weighted by Crippen LogP contribution is 2.42. The predicted octanol–water partition coefficient (Wildman–Crippen LogP) is 4.71. The fraction of sp³-hybridized carbons (Fsp3) is 0.200. The largest absolute Gasteiger partial charge is 0.465 e. The summed E-state index contributed by atoms with van der Waals surface area (Å²) in [5.41, 5.74) is 15.1. The molecule has 0 saturated carbocycles. The molecule has 222 valence electrons. The van der Waals surface area contributed by atoms with Crippen LogP contribution in [0.4, 0.5) is 5.69 Å². The van der Waals surface area contributed by atoms with Gasteiger partial charge in [0.1, 0.15) is 25.4 Å². The van der Waals surface area contributed by atoms with Crippen molar-refractivity contribution in [1.29, 1.82) is 0 Å². The van der Waals surface area contributed by atoms with Gasteiger partial charge in [-0.15, -0.1) is 0 Å². The average molecular weight is 589 g/mol. The van der Waals surface area contributed by atoms with Gasteiger partial charge in [-0.1, -0.05) is 18.2 Å². The SMILES string of the molecule is COC(=O)c1cc(C(=O)NCCc2ccc(C=[N+]=[N-])cc2)ccc1-c1c2ccc(=[N+](C)C)cc-2oc2cc(N(C)C)ccc12. The second-order valence-electron chi connectivity index (χ2n) is 10.9. The Kier molecular flexibility index (Phi) is 8.69. The molecule has 0 radical (unpaired) electrons. The van der Waals surface area contributed by atoms with Gasteiger partial charge in [-0.2, -0.15) is 4.79 Å². The maximum Gasteiger partial charge on any atom is 0.338 e.